The lowest BCUT2D eigenvalue weighted by Crippen LogP contribution is -2.50. The predicted octanol–water partition coefficient (Wildman–Crippen LogP) is 0.704. The molecule has 2 aliphatic rings. The molecule has 0 aromatic heterocycles. The number of nitrogens with one attached hydrogen (secondary N) is 1. The summed E-state index contributed by atoms with van der Waals surface area (Å²) in [7, 11) is 0. The zero-order valence-electron chi connectivity index (χ0n) is 8.50. The zero-order chi connectivity index (χ0) is 9.80. The molecule has 0 saturated carbocycles. The van der Waals surface area contributed by atoms with Gasteiger partial charge in [-0.2, -0.15) is 11.8 Å². The summed E-state index contributed by atoms with van der Waals surface area (Å²) < 4.78 is 0. The van der Waals surface area contributed by atoms with Gasteiger partial charge in [0.05, 0.1) is 6.04 Å². The van der Waals surface area contributed by atoms with E-state index in [1.54, 1.807) is 0 Å². The normalized spacial score (nSPS) is 28.9. The average Bonchev–Trinajstić information content (AvgIpc) is 2.30. The molecule has 2 rings (SSSR count). The Balaban J connectivity index is 1.85. The Labute approximate surface area is 89.6 Å². The first-order chi connectivity index (χ1) is 6.88. The van der Waals surface area contributed by atoms with Gasteiger partial charge in [0.1, 0.15) is 0 Å². The molecule has 0 aromatic carbocycles. The van der Waals surface area contributed by atoms with Crippen molar-refractivity contribution in [2.45, 2.75) is 25.3 Å². The van der Waals surface area contributed by atoms with E-state index in [-0.39, 0.29) is 6.04 Å². The highest BCUT2D eigenvalue weighted by molar-refractivity contribution is 7.99. The third-order valence-corrected chi connectivity index (χ3v) is 3.87. The van der Waals surface area contributed by atoms with Crippen molar-refractivity contribution in [3.63, 3.8) is 0 Å². The molecule has 1 atom stereocenters. The van der Waals surface area contributed by atoms with Crippen molar-refractivity contribution in [3.8, 4) is 0 Å². The van der Waals surface area contributed by atoms with Crippen LogP contribution in [0, 0.1) is 0 Å². The van der Waals surface area contributed by atoms with Crippen molar-refractivity contribution in [1.29, 1.82) is 0 Å². The first-order valence-corrected chi connectivity index (χ1v) is 6.63. The molecule has 0 aromatic rings. The van der Waals surface area contributed by atoms with Crippen LogP contribution < -0.4 is 5.32 Å². The van der Waals surface area contributed by atoms with E-state index < -0.39 is 0 Å². The molecule has 2 fully saturated rings. The van der Waals surface area contributed by atoms with E-state index in [0.717, 1.165) is 37.6 Å². The molecule has 2 aliphatic heterocycles. The molecule has 0 aliphatic carbocycles. The molecule has 4 heteroatoms. The Kier molecular flexibility index (Phi) is 3.70. The number of piperidine rings is 1. The van der Waals surface area contributed by atoms with Crippen LogP contribution in [-0.4, -0.2) is 48.0 Å². The van der Waals surface area contributed by atoms with Crippen LogP contribution in [0.15, 0.2) is 0 Å². The van der Waals surface area contributed by atoms with Crippen molar-refractivity contribution in [2.24, 2.45) is 0 Å². The van der Waals surface area contributed by atoms with Gasteiger partial charge >= 0.3 is 0 Å². The molecule has 14 heavy (non-hydrogen) atoms. The van der Waals surface area contributed by atoms with E-state index in [1.807, 2.05) is 16.7 Å². The summed E-state index contributed by atoms with van der Waals surface area (Å²) in [6.07, 6.45) is 3.45. The third-order valence-electron chi connectivity index (χ3n) is 2.93. The molecule has 2 saturated heterocycles. The van der Waals surface area contributed by atoms with E-state index >= 15 is 0 Å². The van der Waals surface area contributed by atoms with Crippen molar-refractivity contribution < 1.29 is 4.79 Å². The Bertz CT molecular complexity index is 178. The lowest BCUT2D eigenvalue weighted by atomic mass is 10.0. The van der Waals surface area contributed by atoms with Crippen molar-refractivity contribution in [1.82, 2.24) is 10.2 Å². The SMILES string of the molecule is O=C(C1CCCCN1)N1CCSCC1. The van der Waals surface area contributed by atoms with Crippen LogP contribution in [0.25, 0.3) is 0 Å². The zero-order valence-corrected chi connectivity index (χ0v) is 9.31. The van der Waals surface area contributed by atoms with Gasteiger partial charge in [0, 0.05) is 24.6 Å². The molecule has 0 radical (unpaired) electrons. The molecular weight excluding hydrogens is 196 g/mol. The molecular formula is C10H18N2OS. The van der Waals surface area contributed by atoms with Gasteiger partial charge in [-0.15, -0.1) is 0 Å². The van der Waals surface area contributed by atoms with Gasteiger partial charge in [-0.25, -0.2) is 0 Å². The van der Waals surface area contributed by atoms with E-state index in [2.05, 4.69) is 5.32 Å². The van der Waals surface area contributed by atoms with Gasteiger partial charge in [0.2, 0.25) is 5.91 Å². The molecule has 3 nitrogen and oxygen atoms in total. The Morgan fingerprint density at radius 2 is 2.07 bits per heavy atom. The number of rotatable bonds is 1. The van der Waals surface area contributed by atoms with Gasteiger partial charge in [0.25, 0.3) is 0 Å². The standard InChI is InChI=1S/C10H18N2OS/c13-10(9-3-1-2-4-11-9)12-5-7-14-8-6-12/h9,11H,1-8H2. The van der Waals surface area contributed by atoms with Crippen LogP contribution in [0.5, 0.6) is 0 Å². The number of thioether (sulfide) groups is 1. The maximum atomic E-state index is 12.0. The van der Waals surface area contributed by atoms with Gasteiger partial charge in [0.15, 0.2) is 0 Å². The summed E-state index contributed by atoms with van der Waals surface area (Å²) in [6.45, 7) is 2.91. The predicted molar refractivity (Wildman–Crippen MR) is 59.5 cm³/mol. The largest absolute Gasteiger partial charge is 0.340 e. The summed E-state index contributed by atoms with van der Waals surface area (Å²) in [4.78, 5) is 14.0. The van der Waals surface area contributed by atoms with Crippen molar-refractivity contribution in [3.05, 3.63) is 0 Å². The van der Waals surface area contributed by atoms with Crippen LogP contribution in [0.4, 0.5) is 0 Å². The molecule has 80 valence electrons. The van der Waals surface area contributed by atoms with Gasteiger partial charge in [-0.3, -0.25) is 4.79 Å². The number of nitrogens with zero attached hydrogens (tertiary/aromatic N) is 1. The second-order valence-corrected chi connectivity index (χ2v) is 5.16. The first-order valence-electron chi connectivity index (χ1n) is 5.48. The van der Waals surface area contributed by atoms with E-state index in [1.165, 1.54) is 12.8 Å². The Morgan fingerprint density at radius 3 is 2.71 bits per heavy atom. The highest BCUT2D eigenvalue weighted by Crippen LogP contribution is 2.14. The van der Waals surface area contributed by atoms with Crippen LogP contribution in [0.2, 0.25) is 0 Å². The minimum absolute atomic E-state index is 0.117. The number of hydrogen-bond donors (Lipinski definition) is 1. The van der Waals surface area contributed by atoms with Gasteiger partial charge in [-0.05, 0) is 19.4 Å². The van der Waals surface area contributed by atoms with Crippen molar-refractivity contribution >= 4 is 17.7 Å². The van der Waals surface area contributed by atoms with Crippen LogP contribution in [-0.2, 0) is 4.79 Å². The fraction of sp³-hybridized carbons (Fsp3) is 0.900. The van der Waals surface area contributed by atoms with Gasteiger partial charge < -0.3 is 10.2 Å². The van der Waals surface area contributed by atoms with Crippen LogP contribution in [0.3, 0.4) is 0 Å². The average molecular weight is 214 g/mol. The summed E-state index contributed by atoms with van der Waals surface area (Å²) in [5.74, 6) is 2.56. The molecule has 1 N–H and O–H groups in total. The summed E-state index contributed by atoms with van der Waals surface area (Å²) in [6, 6.07) is 0.117. The number of amides is 1. The maximum absolute atomic E-state index is 12.0. The molecule has 1 unspecified atom stereocenters. The second-order valence-electron chi connectivity index (χ2n) is 3.94. The molecule has 0 bridgehead atoms. The molecule has 0 spiro atoms. The first kappa shape index (κ1) is 10.3. The van der Waals surface area contributed by atoms with E-state index in [4.69, 9.17) is 0 Å². The quantitative estimate of drug-likeness (QED) is 0.697. The van der Waals surface area contributed by atoms with Gasteiger partial charge in [-0.1, -0.05) is 6.42 Å². The number of hydrogen-bond acceptors (Lipinski definition) is 3. The fourth-order valence-corrected chi connectivity index (χ4v) is 2.97. The molecule has 1 amide bonds. The number of carbonyl (C=O) groups excluding carboxylic acids is 1. The fourth-order valence-electron chi connectivity index (χ4n) is 2.07. The highest BCUT2D eigenvalue weighted by Gasteiger charge is 2.26. The monoisotopic (exact) mass is 214 g/mol. The molecule has 2 heterocycles. The smallest absolute Gasteiger partial charge is 0.239 e. The van der Waals surface area contributed by atoms with E-state index in [9.17, 15) is 4.79 Å². The topological polar surface area (TPSA) is 32.3 Å². The summed E-state index contributed by atoms with van der Waals surface area (Å²) in [5, 5.41) is 3.32. The van der Waals surface area contributed by atoms with Crippen LogP contribution >= 0.6 is 11.8 Å². The maximum Gasteiger partial charge on any atom is 0.239 e. The third kappa shape index (κ3) is 2.42. The Hall–Kier alpha value is -0.220. The minimum Gasteiger partial charge on any atom is -0.340 e. The minimum atomic E-state index is 0.117. The van der Waals surface area contributed by atoms with Crippen molar-refractivity contribution in [2.75, 3.05) is 31.1 Å². The lowest BCUT2D eigenvalue weighted by Gasteiger charge is -2.32. The van der Waals surface area contributed by atoms with E-state index in [0.29, 0.717) is 5.91 Å². The summed E-state index contributed by atoms with van der Waals surface area (Å²) in [5.41, 5.74) is 0. The Morgan fingerprint density at radius 1 is 1.29 bits per heavy atom. The highest BCUT2D eigenvalue weighted by atomic mass is 32.2. The lowest BCUT2D eigenvalue weighted by molar-refractivity contribution is -0.133. The number of carbonyl (C=O) groups is 1. The summed E-state index contributed by atoms with van der Waals surface area (Å²) >= 11 is 1.95. The second kappa shape index (κ2) is 5.03. The van der Waals surface area contributed by atoms with Crippen LogP contribution in [0.1, 0.15) is 19.3 Å².